The van der Waals surface area contributed by atoms with Crippen LogP contribution in [0.5, 0.6) is 5.75 Å². The lowest BCUT2D eigenvalue weighted by molar-refractivity contribution is -0.121. The van der Waals surface area contributed by atoms with Gasteiger partial charge in [-0.15, -0.1) is 10.2 Å². The molecule has 4 rings (SSSR count). The second kappa shape index (κ2) is 9.61. The van der Waals surface area contributed by atoms with Crippen LogP contribution in [0.1, 0.15) is 18.7 Å². The molecule has 2 aromatic carbocycles. The number of rotatable bonds is 9. The van der Waals surface area contributed by atoms with Gasteiger partial charge in [0.05, 0.1) is 20.2 Å². The number of benzene rings is 2. The van der Waals surface area contributed by atoms with E-state index < -0.39 is 0 Å². The molecule has 10 nitrogen and oxygen atoms in total. The van der Waals surface area contributed by atoms with E-state index in [1.807, 2.05) is 54.6 Å². The number of ether oxygens (including phenoxy) is 1. The molecular formula is C21H22N8O2. The molecule has 2 aromatic heterocycles. The first kappa shape index (κ1) is 20.2. The van der Waals surface area contributed by atoms with Crippen LogP contribution >= 0.6 is 0 Å². The molecule has 0 unspecified atom stereocenters. The SMILES string of the molecule is COc1ccc(-c2n[nH]c(CNC(=O)CCCn3nnc(-c4ccccc4)n3)n2)cc1. The van der Waals surface area contributed by atoms with Crippen molar-refractivity contribution in [2.45, 2.75) is 25.9 Å². The molecule has 2 N–H and O–H groups in total. The number of aromatic amines is 1. The minimum atomic E-state index is -0.0780. The molecule has 0 radical (unpaired) electrons. The van der Waals surface area contributed by atoms with Gasteiger partial charge < -0.3 is 10.1 Å². The molecule has 158 valence electrons. The van der Waals surface area contributed by atoms with Gasteiger partial charge in [-0.25, -0.2) is 4.98 Å². The Bertz CT molecular complexity index is 1120. The van der Waals surface area contributed by atoms with Crippen molar-refractivity contribution in [1.82, 2.24) is 40.7 Å². The Labute approximate surface area is 178 Å². The predicted octanol–water partition coefficient (Wildman–Crippen LogP) is 2.23. The Hall–Kier alpha value is -4.08. The van der Waals surface area contributed by atoms with E-state index in [2.05, 4.69) is 35.9 Å². The van der Waals surface area contributed by atoms with Gasteiger partial charge >= 0.3 is 0 Å². The lowest BCUT2D eigenvalue weighted by Crippen LogP contribution is -2.23. The van der Waals surface area contributed by atoms with Gasteiger partial charge in [0, 0.05) is 17.5 Å². The third-order valence-electron chi connectivity index (χ3n) is 4.58. The fourth-order valence-corrected chi connectivity index (χ4v) is 2.94. The standard InChI is InChI=1S/C21H22N8O2/c1-31-17-11-9-16(10-12-17)20-23-18(24-25-20)14-22-19(30)8-5-13-29-27-21(26-28-29)15-6-3-2-4-7-15/h2-4,6-7,9-12H,5,8,13-14H2,1H3,(H,22,30)(H,23,24,25). The average Bonchev–Trinajstić information content (AvgIpc) is 3.48. The number of aryl methyl sites for hydroxylation is 1. The zero-order valence-electron chi connectivity index (χ0n) is 17.0. The van der Waals surface area contributed by atoms with Crippen LogP contribution in [0.2, 0.25) is 0 Å². The number of hydrogen-bond donors (Lipinski definition) is 2. The van der Waals surface area contributed by atoms with Crippen molar-refractivity contribution < 1.29 is 9.53 Å². The smallest absolute Gasteiger partial charge is 0.220 e. The van der Waals surface area contributed by atoms with E-state index in [9.17, 15) is 4.79 Å². The van der Waals surface area contributed by atoms with E-state index in [1.165, 1.54) is 4.80 Å². The number of amides is 1. The number of H-pyrrole nitrogens is 1. The molecule has 0 spiro atoms. The Balaban J connectivity index is 1.21. The predicted molar refractivity (Wildman–Crippen MR) is 113 cm³/mol. The van der Waals surface area contributed by atoms with Gasteiger partial charge in [-0.05, 0) is 35.9 Å². The molecule has 1 amide bonds. The van der Waals surface area contributed by atoms with Crippen molar-refractivity contribution in [2.75, 3.05) is 7.11 Å². The Morgan fingerprint density at radius 2 is 1.84 bits per heavy atom. The van der Waals surface area contributed by atoms with Gasteiger partial charge in [0.25, 0.3) is 0 Å². The van der Waals surface area contributed by atoms with Crippen molar-refractivity contribution in [3.8, 4) is 28.5 Å². The first-order valence-corrected chi connectivity index (χ1v) is 9.87. The average molecular weight is 418 g/mol. The molecular weight excluding hydrogens is 396 g/mol. The summed E-state index contributed by atoms with van der Waals surface area (Å²) in [5, 5.41) is 22.3. The molecule has 10 heteroatoms. The number of hydrogen-bond acceptors (Lipinski definition) is 7. The summed E-state index contributed by atoms with van der Waals surface area (Å²) in [7, 11) is 1.62. The summed E-state index contributed by atoms with van der Waals surface area (Å²) in [6, 6.07) is 17.1. The van der Waals surface area contributed by atoms with Crippen LogP contribution in [0.4, 0.5) is 0 Å². The highest BCUT2D eigenvalue weighted by molar-refractivity contribution is 5.75. The highest BCUT2D eigenvalue weighted by Gasteiger charge is 2.09. The summed E-state index contributed by atoms with van der Waals surface area (Å²) in [5.74, 6) is 2.42. The molecule has 0 atom stereocenters. The Morgan fingerprint density at radius 3 is 2.61 bits per heavy atom. The van der Waals surface area contributed by atoms with Crippen LogP contribution in [0.25, 0.3) is 22.8 Å². The molecule has 0 bridgehead atoms. The van der Waals surface area contributed by atoms with Crippen LogP contribution in [-0.4, -0.2) is 48.4 Å². The lowest BCUT2D eigenvalue weighted by atomic mass is 10.2. The molecule has 0 saturated carbocycles. The minimum Gasteiger partial charge on any atom is -0.497 e. The normalized spacial score (nSPS) is 10.7. The van der Waals surface area contributed by atoms with E-state index in [0.29, 0.717) is 36.9 Å². The molecule has 4 aromatic rings. The fraction of sp³-hybridized carbons (Fsp3) is 0.238. The highest BCUT2D eigenvalue weighted by Crippen LogP contribution is 2.18. The number of carbonyl (C=O) groups excluding carboxylic acids is 1. The van der Waals surface area contributed by atoms with Crippen LogP contribution < -0.4 is 10.1 Å². The van der Waals surface area contributed by atoms with Crippen molar-refractivity contribution >= 4 is 5.91 Å². The summed E-state index contributed by atoms with van der Waals surface area (Å²) in [4.78, 5) is 18.0. The van der Waals surface area contributed by atoms with Gasteiger partial charge in [0.15, 0.2) is 5.82 Å². The van der Waals surface area contributed by atoms with Gasteiger partial charge in [-0.2, -0.15) is 9.90 Å². The maximum absolute atomic E-state index is 12.1. The maximum atomic E-state index is 12.1. The van der Waals surface area contributed by atoms with E-state index in [1.54, 1.807) is 7.11 Å². The first-order chi connectivity index (χ1) is 15.2. The minimum absolute atomic E-state index is 0.0780. The second-order valence-electron chi connectivity index (χ2n) is 6.79. The number of carbonyl (C=O) groups is 1. The maximum Gasteiger partial charge on any atom is 0.220 e. The monoisotopic (exact) mass is 418 g/mol. The number of nitrogens with zero attached hydrogens (tertiary/aromatic N) is 6. The number of tetrazole rings is 1. The van der Waals surface area contributed by atoms with Crippen LogP contribution in [0.3, 0.4) is 0 Å². The zero-order chi connectivity index (χ0) is 21.5. The van der Waals surface area contributed by atoms with Crippen LogP contribution in [-0.2, 0) is 17.9 Å². The second-order valence-corrected chi connectivity index (χ2v) is 6.79. The quantitative estimate of drug-likeness (QED) is 0.427. The zero-order valence-corrected chi connectivity index (χ0v) is 17.0. The summed E-state index contributed by atoms with van der Waals surface area (Å²) in [6.07, 6.45) is 0.950. The molecule has 0 fully saturated rings. The van der Waals surface area contributed by atoms with E-state index in [-0.39, 0.29) is 12.5 Å². The summed E-state index contributed by atoms with van der Waals surface area (Å²) < 4.78 is 5.15. The van der Waals surface area contributed by atoms with E-state index in [0.717, 1.165) is 16.9 Å². The molecule has 2 heterocycles. The molecule has 0 aliphatic carbocycles. The fourth-order valence-electron chi connectivity index (χ4n) is 2.94. The van der Waals surface area contributed by atoms with Crippen molar-refractivity contribution in [1.29, 1.82) is 0 Å². The Morgan fingerprint density at radius 1 is 1.06 bits per heavy atom. The molecule has 31 heavy (non-hydrogen) atoms. The van der Waals surface area contributed by atoms with Gasteiger partial charge in [0.2, 0.25) is 11.7 Å². The molecule has 0 saturated heterocycles. The van der Waals surface area contributed by atoms with Crippen molar-refractivity contribution in [2.24, 2.45) is 0 Å². The number of nitrogens with one attached hydrogen (secondary N) is 2. The largest absolute Gasteiger partial charge is 0.497 e. The third kappa shape index (κ3) is 5.30. The Kier molecular flexibility index (Phi) is 6.26. The van der Waals surface area contributed by atoms with Crippen molar-refractivity contribution in [3.05, 3.63) is 60.4 Å². The summed E-state index contributed by atoms with van der Waals surface area (Å²) in [5.41, 5.74) is 1.78. The molecule has 0 aliphatic rings. The number of aromatic nitrogens is 7. The van der Waals surface area contributed by atoms with Gasteiger partial charge in [-0.3, -0.25) is 9.89 Å². The first-order valence-electron chi connectivity index (χ1n) is 9.87. The van der Waals surface area contributed by atoms with Crippen LogP contribution in [0, 0.1) is 0 Å². The lowest BCUT2D eigenvalue weighted by Gasteiger charge is -2.02. The summed E-state index contributed by atoms with van der Waals surface area (Å²) in [6.45, 7) is 0.791. The third-order valence-corrected chi connectivity index (χ3v) is 4.58. The van der Waals surface area contributed by atoms with E-state index >= 15 is 0 Å². The van der Waals surface area contributed by atoms with Gasteiger partial charge in [0.1, 0.15) is 11.6 Å². The van der Waals surface area contributed by atoms with E-state index in [4.69, 9.17) is 4.74 Å². The van der Waals surface area contributed by atoms with Gasteiger partial charge in [-0.1, -0.05) is 30.3 Å². The summed E-state index contributed by atoms with van der Waals surface area (Å²) >= 11 is 0. The number of methoxy groups -OCH3 is 1. The topological polar surface area (TPSA) is 124 Å². The van der Waals surface area contributed by atoms with Crippen molar-refractivity contribution in [3.63, 3.8) is 0 Å². The molecule has 0 aliphatic heterocycles. The highest BCUT2D eigenvalue weighted by atomic mass is 16.5. The van der Waals surface area contributed by atoms with Crippen LogP contribution in [0.15, 0.2) is 54.6 Å².